The van der Waals surface area contributed by atoms with Crippen molar-refractivity contribution in [3.05, 3.63) is 40.8 Å². The first-order valence-corrected chi connectivity index (χ1v) is 9.38. The fourth-order valence-electron chi connectivity index (χ4n) is 2.01. The summed E-state index contributed by atoms with van der Waals surface area (Å²) in [5.74, 6) is 1.21. The Kier molecular flexibility index (Phi) is 7.06. The van der Waals surface area contributed by atoms with Crippen LogP contribution in [0.2, 0.25) is 0 Å². The van der Waals surface area contributed by atoms with Crippen LogP contribution in [0, 0.1) is 0 Å². The van der Waals surface area contributed by atoms with Crippen molar-refractivity contribution in [3.8, 4) is 11.3 Å². The molecule has 0 fully saturated rings. The van der Waals surface area contributed by atoms with Crippen LogP contribution >= 0.6 is 23.5 Å². The summed E-state index contributed by atoms with van der Waals surface area (Å²) < 4.78 is 0. The van der Waals surface area contributed by atoms with Crippen molar-refractivity contribution >= 4 is 29.5 Å². The van der Waals surface area contributed by atoms with E-state index in [9.17, 15) is 0 Å². The van der Waals surface area contributed by atoms with Crippen LogP contribution in [0.25, 0.3) is 21.7 Å². The van der Waals surface area contributed by atoms with Crippen LogP contribution in [0.15, 0.2) is 45.4 Å². The molecule has 0 saturated heterocycles. The van der Waals surface area contributed by atoms with Gasteiger partial charge in [-0.15, -0.1) is 23.5 Å². The van der Waals surface area contributed by atoms with Crippen LogP contribution in [0.5, 0.6) is 0 Å². The summed E-state index contributed by atoms with van der Waals surface area (Å²) in [6.45, 7) is 0.538. The van der Waals surface area contributed by atoms with Crippen molar-refractivity contribution in [3.63, 3.8) is 0 Å². The van der Waals surface area contributed by atoms with Gasteiger partial charge in [0.2, 0.25) is 5.95 Å². The Morgan fingerprint density at radius 3 is 2.70 bits per heavy atom. The molecule has 1 aromatic carbocycles. The molecular formula is C15H18N6S2. The zero-order valence-electron chi connectivity index (χ0n) is 12.8. The minimum absolute atomic E-state index is 0.293. The first kappa shape index (κ1) is 17.5. The van der Waals surface area contributed by atoms with E-state index in [1.54, 1.807) is 23.5 Å². The number of hydrogen-bond donors (Lipinski definition) is 1. The number of rotatable bonds is 8. The van der Waals surface area contributed by atoms with Crippen molar-refractivity contribution in [2.24, 2.45) is 5.11 Å². The van der Waals surface area contributed by atoms with Crippen molar-refractivity contribution in [1.82, 2.24) is 9.97 Å². The molecule has 1 heterocycles. The van der Waals surface area contributed by atoms with Gasteiger partial charge in [0.15, 0.2) is 0 Å². The quantitative estimate of drug-likeness (QED) is 0.187. The number of unbranched alkanes of at least 4 members (excludes halogenated alkanes) is 1. The summed E-state index contributed by atoms with van der Waals surface area (Å²) in [4.78, 5) is 12.6. The molecular weight excluding hydrogens is 328 g/mol. The van der Waals surface area contributed by atoms with Gasteiger partial charge in [-0.2, -0.15) is 0 Å². The third-order valence-corrected chi connectivity index (χ3v) is 5.03. The monoisotopic (exact) mass is 346 g/mol. The molecule has 0 atom stereocenters. The Morgan fingerprint density at radius 2 is 2.00 bits per heavy atom. The lowest BCUT2D eigenvalue weighted by molar-refractivity contribution is 0.809. The number of nitrogens with zero attached hydrogens (tertiary/aromatic N) is 5. The number of hydrogen-bond acceptors (Lipinski definition) is 6. The van der Waals surface area contributed by atoms with Crippen LogP contribution in [-0.4, -0.2) is 28.5 Å². The Balaban J connectivity index is 2.20. The van der Waals surface area contributed by atoms with E-state index in [2.05, 4.69) is 20.0 Å². The molecule has 0 aliphatic heterocycles. The maximum absolute atomic E-state index is 8.28. The lowest BCUT2D eigenvalue weighted by Gasteiger charge is -2.12. The van der Waals surface area contributed by atoms with Crippen LogP contribution in [0.4, 0.5) is 5.95 Å². The highest BCUT2D eigenvalue weighted by molar-refractivity contribution is 8.02. The van der Waals surface area contributed by atoms with Gasteiger partial charge < -0.3 is 5.73 Å². The average Bonchev–Trinajstić information content (AvgIpc) is 2.59. The van der Waals surface area contributed by atoms with Gasteiger partial charge in [0, 0.05) is 17.0 Å². The van der Waals surface area contributed by atoms with Gasteiger partial charge in [-0.1, -0.05) is 35.4 Å². The van der Waals surface area contributed by atoms with E-state index < -0.39 is 0 Å². The fourth-order valence-corrected chi connectivity index (χ4v) is 3.93. The molecule has 0 unspecified atom stereocenters. The standard InChI is InChI=1S/C15H18N6S2/c1-22-14-13(23-10-6-5-9-18-21-17)12(19-15(16)20-14)11-7-3-2-4-8-11/h2-4,7-8H,5-6,9-10H2,1H3,(H2,16,19,20). The van der Waals surface area contributed by atoms with Gasteiger partial charge >= 0.3 is 0 Å². The maximum atomic E-state index is 8.28. The molecule has 120 valence electrons. The highest BCUT2D eigenvalue weighted by atomic mass is 32.2. The molecule has 0 spiro atoms. The Hall–Kier alpha value is -1.89. The number of azide groups is 1. The third kappa shape index (κ3) is 5.06. The molecule has 2 N–H and O–H groups in total. The molecule has 0 aliphatic carbocycles. The molecule has 1 aromatic heterocycles. The van der Waals surface area contributed by atoms with Gasteiger partial charge in [0.25, 0.3) is 0 Å². The number of benzene rings is 1. The SMILES string of the molecule is CSc1nc(N)nc(-c2ccccc2)c1SCCCCN=[N+]=[N-]. The second-order valence-corrected chi connectivity index (χ2v) is 6.54. The number of thioether (sulfide) groups is 2. The summed E-state index contributed by atoms with van der Waals surface area (Å²) in [7, 11) is 0. The highest BCUT2D eigenvalue weighted by Crippen LogP contribution is 2.36. The molecule has 0 amide bonds. The number of aromatic nitrogens is 2. The fraction of sp³-hybridized carbons (Fsp3) is 0.333. The smallest absolute Gasteiger partial charge is 0.221 e. The van der Waals surface area contributed by atoms with E-state index in [1.165, 1.54) is 0 Å². The van der Waals surface area contributed by atoms with Crippen LogP contribution in [0.1, 0.15) is 12.8 Å². The van der Waals surface area contributed by atoms with Crippen molar-refractivity contribution in [2.45, 2.75) is 22.8 Å². The molecule has 0 aliphatic rings. The zero-order valence-corrected chi connectivity index (χ0v) is 14.5. The molecule has 0 radical (unpaired) electrons. The molecule has 2 aromatic rings. The van der Waals surface area contributed by atoms with Crippen molar-refractivity contribution in [1.29, 1.82) is 0 Å². The maximum Gasteiger partial charge on any atom is 0.221 e. The zero-order chi connectivity index (χ0) is 16.5. The molecule has 6 nitrogen and oxygen atoms in total. The number of nitrogens with two attached hydrogens (primary N) is 1. The molecule has 2 rings (SSSR count). The summed E-state index contributed by atoms with van der Waals surface area (Å²) in [5.41, 5.74) is 16.1. The summed E-state index contributed by atoms with van der Waals surface area (Å²) >= 11 is 3.30. The van der Waals surface area contributed by atoms with Crippen molar-refractivity contribution in [2.75, 3.05) is 24.3 Å². The van der Waals surface area contributed by atoms with Crippen LogP contribution in [0.3, 0.4) is 0 Å². The lowest BCUT2D eigenvalue weighted by atomic mass is 10.1. The number of nitrogen functional groups attached to an aromatic ring is 1. The summed E-state index contributed by atoms with van der Waals surface area (Å²) in [6.07, 6.45) is 3.83. The van der Waals surface area contributed by atoms with Gasteiger partial charge in [-0.3, -0.25) is 0 Å². The highest BCUT2D eigenvalue weighted by Gasteiger charge is 2.15. The molecule has 23 heavy (non-hydrogen) atoms. The first-order valence-electron chi connectivity index (χ1n) is 7.17. The predicted molar refractivity (Wildman–Crippen MR) is 97.6 cm³/mol. The summed E-state index contributed by atoms with van der Waals surface area (Å²) in [6, 6.07) is 10.0. The van der Waals surface area contributed by atoms with E-state index in [0.717, 1.165) is 39.8 Å². The Labute approximate surface area is 143 Å². The minimum atomic E-state index is 0.293. The Morgan fingerprint density at radius 1 is 1.22 bits per heavy atom. The molecule has 8 heteroatoms. The minimum Gasteiger partial charge on any atom is -0.368 e. The lowest BCUT2D eigenvalue weighted by Crippen LogP contribution is -2.01. The predicted octanol–water partition coefficient (Wildman–Crippen LogP) is 4.63. The van der Waals surface area contributed by atoms with Crippen molar-refractivity contribution < 1.29 is 0 Å². The Bertz CT molecular complexity index is 686. The summed E-state index contributed by atoms with van der Waals surface area (Å²) in [5, 5.41) is 4.45. The first-order chi connectivity index (χ1) is 11.3. The normalized spacial score (nSPS) is 10.3. The van der Waals surface area contributed by atoms with E-state index in [0.29, 0.717) is 12.5 Å². The second kappa shape index (κ2) is 9.29. The van der Waals surface area contributed by atoms with Gasteiger partial charge in [-0.05, 0) is 30.4 Å². The van der Waals surface area contributed by atoms with E-state index >= 15 is 0 Å². The average molecular weight is 346 g/mol. The van der Waals surface area contributed by atoms with E-state index in [4.69, 9.17) is 11.3 Å². The largest absolute Gasteiger partial charge is 0.368 e. The second-order valence-electron chi connectivity index (χ2n) is 4.64. The van der Waals surface area contributed by atoms with Crippen LogP contribution in [-0.2, 0) is 0 Å². The van der Waals surface area contributed by atoms with Gasteiger partial charge in [0.05, 0.1) is 10.6 Å². The number of anilines is 1. The van der Waals surface area contributed by atoms with E-state index in [1.807, 2.05) is 36.6 Å². The van der Waals surface area contributed by atoms with Crippen LogP contribution < -0.4 is 5.73 Å². The molecule has 0 saturated carbocycles. The van der Waals surface area contributed by atoms with Gasteiger partial charge in [-0.25, -0.2) is 9.97 Å². The third-order valence-electron chi connectivity index (χ3n) is 3.05. The topological polar surface area (TPSA) is 101 Å². The van der Waals surface area contributed by atoms with Gasteiger partial charge in [0.1, 0.15) is 5.03 Å². The van der Waals surface area contributed by atoms with E-state index in [-0.39, 0.29) is 0 Å². The molecule has 0 bridgehead atoms.